The molecule has 1 aromatic carbocycles. The van der Waals surface area contributed by atoms with Gasteiger partial charge in [0.1, 0.15) is 0 Å². The van der Waals surface area contributed by atoms with Gasteiger partial charge in [-0.15, -0.1) is 0 Å². The second-order valence-electron chi connectivity index (χ2n) is 7.16. The van der Waals surface area contributed by atoms with Crippen LogP contribution in [0.3, 0.4) is 0 Å². The van der Waals surface area contributed by atoms with Crippen LogP contribution in [0.1, 0.15) is 23.3 Å². The Bertz CT molecular complexity index is 889. The van der Waals surface area contributed by atoms with Crippen molar-refractivity contribution in [1.82, 2.24) is 20.0 Å². The van der Waals surface area contributed by atoms with Crippen molar-refractivity contribution < 1.29 is 14.3 Å². The van der Waals surface area contributed by atoms with Crippen molar-refractivity contribution >= 4 is 17.6 Å². The van der Waals surface area contributed by atoms with E-state index in [-0.39, 0.29) is 18.0 Å². The van der Waals surface area contributed by atoms with E-state index < -0.39 is 6.10 Å². The first kappa shape index (κ1) is 16.3. The monoisotopic (exact) mass is 367 g/mol. The van der Waals surface area contributed by atoms with Gasteiger partial charge in [-0.25, -0.2) is 4.79 Å². The number of nitrogens with one attached hydrogen (secondary N) is 1. The van der Waals surface area contributed by atoms with Crippen LogP contribution in [-0.4, -0.2) is 59.4 Å². The first-order chi connectivity index (χ1) is 13.2. The van der Waals surface area contributed by atoms with Crippen molar-refractivity contribution in [3.8, 4) is 0 Å². The van der Waals surface area contributed by atoms with E-state index in [1.165, 1.54) is 5.56 Å². The van der Waals surface area contributed by atoms with Gasteiger partial charge in [0, 0.05) is 32.4 Å². The largest absolute Gasteiger partial charge is 0.363 e. The molecule has 3 aliphatic heterocycles. The standard InChI is InChI=1S/C19H21N5O3/c25-18(17-16-4-2-1-3-13(16)5-8-27-17)22-10-15(11-22)24-12-14(9-21-24)23-7-6-20-19(23)26/h1-4,9,12,15,17H,5-8,10-11H2,(H,20,26). The number of hydrogen-bond acceptors (Lipinski definition) is 4. The summed E-state index contributed by atoms with van der Waals surface area (Å²) >= 11 is 0. The Kier molecular flexibility index (Phi) is 3.86. The van der Waals surface area contributed by atoms with Gasteiger partial charge in [-0.2, -0.15) is 5.10 Å². The molecule has 3 amide bonds. The average molecular weight is 367 g/mol. The van der Waals surface area contributed by atoms with Gasteiger partial charge in [-0.05, 0) is 17.5 Å². The molecule has 0 aliphatic carbocycles. The number of amides is 3. The van der Waals surface area contributed by atoms with Crippen LogP contribution in [0.25, 0.3) is 0 Å². The van der Waals surface area contributed by atoms with E-state index in [4.69, 9.17) is 4.74 Å². The summed E-state index contributed by atoms with van der Waals surface area (Å²) < 4.78 is 7.63. The lowest BCUT2D eigenvalue weighted by Crippen LogP contribution is -2.53. The fourth-order valence-corrected chi connectivity index (χ4v) is 3.95. The highest BCUT2D eigenvalue weighted by atomic mass is 16.5. The van der Waals surface area contributed by atoms with Crippen LogP contribution < -0.4 is 10.2 Å². The molecule has 1 aromatic heterocycles. The zero-order valence-electron chi connectivity index (χ0n) is 14.9. The number of rotatable bonds is 3. The molecule has 2 aromatic rings. The van der Waals surface area contributed by atoms with E-state index in [1.54, 1.807) is 11.1 Å². The molecule has 1 atom stereocenters. The molecule has 4 heterocycles. The summed E-state index contributed by atoms with van der Waals surface area (Å²) in [4.78, 5) is 28.2. The number of urea groups is 1. The van der Waals surface area contributed by atoms with Crippen molar-refractivity contribution in [3.05, 3.63) is 47.8 Å². The van der Waals surface area contributed by atoms with Gasteiger partial charge in [-0.3, -0.25) is 14.4 Å². The highest BCUT2D eigenvalue weighted by molar-refractivity contribution is 5.93. The molecule has 0 saturated carbocycles. The number of anilines is 1. The summed E-state index contributed by atoms with van der Waals surface area (Å²) in [6.07, 6.45) is 3.93. The lowest BCUT2D eigenvalue weighted by Gasteiger charge is -2.41. The molecule has 27 heavy (non-hydrogen) atoms. The molecule has 5 rings (SSSR count). The Morgan fingerprint density at radius 3 is 2.93 bits per heavy atom. The number of likely N-dealkylation sites (tertiary alicyclic amines) is 1. The summed E-state index contributed by atoms with van der Waals surface area (Å²) in [5.74, 6) is 0.0182. The summed E-state index contributed by atoms with van der Waals surface area (Å²) in [6, 6.07) is 8.04. The number of fused-ring (bicyclic) bond motifs is 1. The van der Waals surface area contributed by atoms with Crippen LogP contribution in [0.2, 0.25) is 0 Å². The molecule has 140 valence electrons. The van der Waals surface area contributed by atoms with Crippen LogP contribution in [0.15, 0.2) is 36.7 Å². The Morgan fingerprint density at radius 2 is 2.11 bits per heavy atom. The zero-order chi connectivity index (χ0) is 18.4. The number of carbonyl (C=O) groups is 2. The summed E-state index contributed by atoms with van der Waals surface area (Å²) in [6.45, 7) is 3.09. The zero-order valence-corrected chi connectivity index (χ0v) is 14.9. The van der Waals surface area contributed by atoms with Gasteiger partial charge in [0.25, 0.3) is 5.91 Å². The molecule has 3 aliphatic rings. The molecule has 1 N–H and O–H groups in total. The number of nitrogens with zero attached hydrogens (tertiary/aromatic N) is 4. The predicted octanol–water partition coefficient (Wildman–Crippen LogP) is 1.11. The van der Waals surface area contributed by atoms with Gasteiger partial charge >= 0.3 is 6.03 Å². The van der Waals surface area contributed by atoms with Crippen LogP contribution in [-0.2, 0) is 16.0 Å². The van der Waals surface area contributed by atoms with Crippen LogP contribution in [0, 0.1) is 0 Å². The minimum Gasteiger partial charge on any atom is -0.363 e. The Labute approximate surface area is 156 Å². The number of ether oxygens (including phenoxy) is 1. The highest BCUT2D eigenvalue weighted by Gasteiger charge is 2.38. The number of benzene rings is 1. The van der Waals surface area contributed by atoms with E-state index >= 15 is 0 Å². The maximum absolute atomic E-state index is 12.9. The fraction of sp³-hybridized carbons (Fsp3) is 0.421. The molecule has 2 saturated heterocycles. The van der Waals surface area contributed by atoms with E-state index in [1.807, 2.05) is 34.0 Å². The SMILES string of the molecule is O=C(C1OCCc2ccccc21)N1CC(n2cc(N3CCNC3=O)cn2)C1. The molecule has 0 radical (unpaired) electrons. The first-order valence-electron chi connectivity index (χ1n) is 9.28. The minimum absolute atomic E-state index is 0.0182. The molecule has 8 nitrogen and oxygen atoms in total. The van der Waals surface area contributed by atoms with Gasteiger partial charge in [0.2, 0.25) is 0 Å². The van der Waals surface area contributed by atoms with Gasteiger partial charge < -0.3 is 15.0 Å². The van der Waals surface area contributed by atoms with Gasteiger partial charge in [0.15, 0.2) is 6.10 Å². The molecular weight excluding hydrogens is 346 g/mol. The Hall–Kier alpha value is -2.87. The van der Waals surface area contributed by atoms with Crippen LogP contribution in [0.4, 0.5) is 10.5 Å². The van der Waals surface area contributed by atoms with Crippen LogP contribution >= 0.6 is 0 Å². The minimum atomic E-state index is -0.502. The van der Waals surface area contributed by atoms with Crippen molar-refractivity contribution in [3.63, 3.8) is 0 Å². The molecule has 8 heteroatoms. The van der Waals surface area contributed by atoms with Gasteiger partial charge in [-0.1, -0.05) is 24.3 Å². The van der Waals surface area contributed by atoms with Crippen molar-refractivity contribution in [2.24, 2.45) is 0 Å². The third kappa shape index (κ3) is 2.76. The summed E-state index contributed by atoms with van der Waals surface area (Å²) in [5, 5.41) is 7.17. The summed E-state index contributed by atoms with van der Waals surface area (Å²) in [7, 11) is 0. The molecular formula is C19H21N5O3. The van der Waals surface area contributed by atoms with Crippen molar-refractivity contribution in [2.75, 3.05) is 37.7 Å². The molecule has 2 fully saturated rings. The van der Waals surface area contributed by atoms with E-state index in [9.17, 15) is 9.59 Å². The lowest BCUT2D eigenvalue weighted by molar-refractivity contribution is -0.151. The normalized spacial score (nSPS) is 22.4. The number of hydrogen-bond donors (Lipinski definition) is 1. The Morgan fingerprint density at radius 1 is 1.26 bits per heavy atom. The highest BCUT2D eigenvalue weighted by Crippen LogP contribution is 2.32. The lowest BCUT2D eigenvalue weighted by atomic mass is 9.95. The van der Waals surface area contributed by atoms with E-state index in [2.05, 4.69) is 16.5 Å². The fourth-order valence-electron chi connectivity index (χ4n) is 3.95. The van der Waals surface area contributed by atoms with Crippen molar-refractivity contribution in [2.45, 2.75) is 18.6 Å². The summed E-state index contributed by atoms with van der Waals surface area (Å²) in [5.41, 5.74) is 2.97. The topological polar surface area (TPSA) is 79.7 Å². The number of carbonyl (C=O) groups excluding carboxylic acids is 2. The second-order valence-corrected chi connectivity index (χ2v) is 7.16. The quantitative estimate of drug-likeness (QED) is 0.881. The van der Waals surface area contributed by atoms with Crippen molar-refractivity contribution in [1.29, 1.82) is 0 Å². The third-order valence-corrected chi connectivity index (χ3v) is 5.52. The molecule has 0 spiro atoms. The van der Waals surface area contributed by atoms with Gasteiger partial charge in [0.05, 0.1) is 24.5 Å². The number of aromatic nitrogens is 2. The second kappa shape index (κ2) is 6.38. The predicted molar refractivity (Wildman–Crippen MR) is 97.4 cm³/mol. The van der Waals surface area contributed by atoms with E-state index in [0.717, 1.165) is 17.7 Å². The Balaban J connectivity index is 1.24. The third-order valence-electron chi connectivity index (χ3n) is 5.52. The molecule has 1 unspecified atom stereocenters. The smallest absolute Gasteiger partial charge is 0.322 e. The maximum atomic E-state index is 12.9. The average Bonchev–Trinajstić information content (AvgIpc) is 3.29. The van der Waals surface area contributed by atoms with E-state index in [0.29, 0.717) is 32.8 Å². The van der Waals surface area contributed by atoms with Crippen LogP contribution in [0.5, 0.6) is 0 Å². The maximum Gasteiger partial charge on any atom is 0.322 e. The first-order valence-corrected chi connectivity index (χ1v) is 9.28. The molecule has 0 bridgehead atoms.